The largest absolute Gasteiger partial charge is 0.418 e. The molecular weight excluding hydrogens is 329 g/mol. The average Bonchev–Trinajstić information content (AvgIpc) is 2.60. The number of halogens is 3. The number of benzene rings is 2. The normalized spacial score (nSPS) is 14.1. The smallest absolute Gasteiger partial charge is 0.384 e. The lowest BCUT2D eigenvalue weighted by atomic mass is 10.00. The molecule has 2 aromatic carbocycles. The van der Waals surface area contributed by atoms with Gasteiger partial charge in [-0.1, -0.05) is 36.4 Å². The van der Waals surface area contributed by atoms with Crippen LogP contribution in [0.1, 0.15) is 23.1 Å². The van der Waals surface area contributed by atoms with Gasteiger partial charge in [-0.2, -0.15) is 13.2 Å². The molecule has 2 aromatic rings. The van der Waals surface area contributed by atoms with Gasteiger partial charge >= 0.3 is 6.18 Å². The topological polar surface area (TPSA) is 32.3 Å². The number of carbonyl (C=O) groups excluding carboxylic acids is 1. The zero-order valence-electron chi connectivity index (χ0n) is 13.6. The minimum atomic E-state index is -4.41. The van der Waals surface area contributed by atoms with Crippen molar-refractivity contribution < 1.29 is 18.0 Å². The van der Waals surface area contributed by atoms with Crippen molar-refractivity contribution in [2.24, 2.45) is 0 Å². The Hall–Kier alpha value is -2.50. The summed E-state index contributed by atoms with van der Waals surface area (Å²) in [4.78, 5) is 14.1. The number of amides is 1. The molecule has 0 aliphatic carbocycles. The van der Waals surface area contributed by atoms with Crippen molar-refractivity contribution in [2.45, 2.75) is 25.6 Å². The molecule has 3 rings (SSSR count). The summed E-state index contributed by atoms with van der Waals surface area (Å²) in [6.07, 6.45) is -3.44. The van der Waals surface area contributed by atoms with Crippen molar-refractivity contribution in [3.63, 3.8) is 0 Å². The van der Waals surface area contributed by atoms with Crippen LogP contribution >= 0.6 is 0 Å². The van der Waals surface area contributed by atoms with Gasteiger partial charge in [-0.05, 0) is 29.7 Å². The molecule has 1 aliphatic heterocycles. The first kappa shape index (κ1) is 17.3. The van der Waals surface area contributed by atoms with E-state index in [1.165, 1.54) is 17.7 Å². The maximum atomic E-state index is 13.0. The van der Waals surface area contributed by atoms with Crippen LogP contribution in [-0.2, 0) is 23.9 Å². The Morgan fingerprint density at radius 1 is 1.04 bits per heavy atom. The van der Waals surface area contributed by atoms with Gasteiger partial charge in [-0.3, -0.25) is 4.79 Å². The van der Waals surface area contributed by atoms with E-state index in [1.807, 2.05) is 18.2 Å². The van der Waals surface area contributed by atoms with Gasteiger partial charge in [0.15, 0.2) is 0 Å². The molecule has 0 saturated heterocycles. The number of hydrogen-bond acceptors (Lipinski definition) is 2. The number of fused-ring (bicyclic) bond motifs is 1. The fourth-order valence-electron chi connectivity index (χ4n) is 3.06. The molecule has 1 N–H and O–H groups in total. The molecule has 0 aromatic heterocycles. The summed E-state index contributed by atoms with van der Waals surface area (Å²) in [5.74, 6) is -0.0495. The number of rotatable bonds is 4. The van der Waals surface area contributed by atoms with E-state index in [1.54, 1.807) is 11.0 Å². The quantitative estimate of drug-likeness (QED) is 0.902. The average molecular weight is 348 g/mol. The lowest BCUT2D eigenvalue weighted by Gasteiger charge is -2.29. The second-order valence-electron chi connectivity index (χ2n) is 6.05. The predicted octanol–water partition coefficient (Wildman–Crippen LogP) is 4.09. The molecule has 1 heterocycles. The fraction of sp³-hybridized carbons (Fsp3) is 0.316. The van der Waals surface area contributed by atoms with E-state index in [0.717, 1.165) is 18.1 Å². The Morgan fingerprint density at radius 3 is 2.48 bits per heavy atom. The van der Waals surface area contributed by atoms with Crippen LogP contribution in [0, 0.1) is 0 Å². The molecule has 0 saturated carbocycles. The number of hydrogen-bond donors (Lipinski definition) is 1. The molecule has 0 bridgehead atoms. The van der Waals surface area contributed by atoms with E-state index < -0.39 is 11.7 Å². The van der Waals surface area contributed by atoms with E-state index >= 15 is 0 Å². The van der Waals surface area contributed by atoms with Crippen molar-refractivity contribution in [2.75, 3.05) is 18.4 Å². The number of anilines is 1. The highest BCUT2D eigenvalue weighted by Crippen LogP contribution is 2.34. The van der Waals surface area contributed by atoms with Gasteiger partial charge in [0.1, 0.15) is 0 Å². The molecular formula is C19H19F3N2O. The second kappa shape index (κ2) is 7.17. The third-order valence-corrected chi connectivity index (χ3v) is 4.37. The second-order valence-corrected chi connectivity index (χ2v) is 6.05. The molecule has 25 heavy (non-hydrogen) atoms. The lowest BCUT2D eigenvalue weighted by molar-refractivity contribution is -0.137. The Labute approximate surface area is 144 Å². The number of para-hydroxylation sites is 1. The van der Waals surface area contributed by atoms with Crippen LogP contribution in [0.4, 0.5) is 18.9 Å². The summed E-state index contributed by atoms with van der Waals surface area (Å²) >= 11 is 0. The molecule has 1 aliphatic rings. The molecule has 0 atom stereocenters. The van der Waals surface area contributed by atoms with Crippen molar-refractivity contribution in [3.8, 4) is 0 Å². The first-order chi connectivity index (χ1) is 11.9. The highest BCUT2D eigenvalue weighted by atomic mass is 19.4. The molecule has 0 fully saturated rings. The molecule has 0 radical (unpaired) electrons. The third-order valence-electron chi connectivity index (χ3n) is 4.37. The summed E-state index contributed by atoms with van der Waals surface area (Å²) < 4.78 is 38.9. The van der Waals surface area contributed by atoms with Gasteiger partial charge in [0.25, 0.3) is 0 Å². The maximum Gasteiger partial charge on any atom is 0.418 e. The monoisotopic (exact) mass is 348 g/mol. The number of nitrogens with one attached hydrogen (secondary N) is 1. The van der Waals surface area contributed by atoms with Gasteiger partial charge in [0.05, 0.1) is 5.56 Å². The number of carbonyl (C=O) groups is 1. The van der Waals surface area contributed by atoms with E-state index in [-0.39, 0.29) is 24.6 Å². The highest BCUT2D eigenvalue weighted by Gasteiger charge is 2.33. The van der Waals surface area contributed by atoms with Crippen LogP contribution in [0.5, 0.6) is 0 Å². The molecule has 0 unspecified atom stereocenters. The lowest BCUT2D eigenvalue weighted by Crippen LogP contribution is -2.36. The standard InChI is InChI=1S/C19H19F3N2O/c20-19(21,22)16-7-3-4-8-17(16)23-11-9-18(25)24-12-10-14-5-1-2-6-15(14)13-24/h1-8,23H,9-13H2. The first-order valence-electron chi connectivity index (χ1n) is 8.20. The predicted molar refractivity (Wildman–Crippen MR) is 90.1 cm³/mol. The Morgan fingerprint density at radius 2 is 1.72 bits per heavy atom. The number of nitrogens with zero attached hydrogens (tertiary/aromatic N) is 1. The summed E-state index contributed by atoms with van der Waals surface area (Å²) in [7, 11) is 0. The van der Waals surface area contributed by atoms with Gasteiger partial charge < -0.3 is 10.2 Å². The minimum Gasteiger partial charge on any atom is -0.384 e. The van der Waals surface area contributed by atoms with Crippen molar-refractivity contribution in [1.29, 1.82) is 0 Å². The van der Waals surface area contributed by atoms with Gasteiger partial charge in [0.2, 0.25) is 5.91 Å². The minimum absolute atomic E-state index is 0.00629. The summed E-state index contributed by atoms with van der Waals surface area (Å²) in [6.45, 7) is 1.38. The van der Waals surface area contributed by atoms with Crippen LogP contribution < -0.4 is 5.32 Å². The van der Waals surface area contributed by atoms with Crippen LogP contribution in [0.3, 0.4) is 0 Å². The van der Waals surface area contributed by atoms with E-state index in [2.05, 4.69) is 11.4 Å². The maximum absolute atomic E-state index is 13.0. The van der Waals surface area contributed by atoms with E-state index in [4.69, 9.17) is 0 Å². The van der Waals surface area contributed by atoms with Crippen molar-refractivity contribution in [3.05, 3.63) is 65.2 Å². The SMILES string of the molecule is O=C(CCNc1ccccc1C(F)(F)F)N1CCc2ccccc2C1. The van der Waals surface area contributed by atoms with Crippen molar-refractivity contribution in [1.82, 2.24) is 4.90 Å². The third kappa shape index (κ3) is 4.13. The highest BCUT2D eigenvalue weighted by molar-refractivity contribution is 5.77. The van der Waals surface area contributed by atoms with Gasteiger partial charge in [-0.15, -0.1) is 0 Å². The Kier molecular flexibility index (Phi) is 4.97. The summed E-state index contributed by atoms with van der Waals surface area (Å²) in [6, 6.07) is 13.3. The Balaban J connectivity index is 1.56. The molecule has 1 amide bonds. The molecule has 6 heteroatoms. The van der Waals surface area contributed by atoms with E-state index in [9.17, 15) is 18.0 Å². The van der Waals surface area contributed by atoms with Gasteiger partial charge in [0, 0.05) is 31.7 Å². The zero-order chi connectivity index (χ0) is 17.9. The Bertz CT molecular complexity index is 758. The molecule has 132 valence electrons. The van der Waals surface area contributed by atoms with E-state index in [0.29, 0.717) is 13.1 Å². The van der Waals surface area contributed by atoms with Crippen LogP contribution in [0.2, 0.25) is 0 Å². The first-order valence-corrected chi connectivity index (χ1v) is 8.20. The van der Waals surface area contributed by atoms with Crippen LogP contribution in [0.25, 0.3) is 0 Å². The van der Waals surface area contributed by atoms with Gasteiger partial charge in [-0.25, -0.2) is 0 Å². The summed E-state index contributed by atoms with van der Waals surface area (Å²) in [5, 5.41) is 2.74. The zero-order valence-corrected chi connectivity index (χ0v) is 13.6. The fourth-order valence-corrected chi connectivity index (χ4v) is 3.06. The van der Waals surface area contributed by atoms with Crippen LogP contribution in [0.15, 0.2) is 48.5 Å². The number of alkyl halides is 3. The molecule has 3 nitrogen and oxygen atoms in total. The van der Waals surface area contributed by atoms with Crippen LogP contribution in [-0.4, -0.2) is 23.9 Å². The van der Waals surface area contributed by atoms with Crippen molar-refractivity contribution >= 4 is 11.6 Å². The summed E-state index contributed by atoms with van der Waals surface area (Å²) in [5.41, 5.74) is 1.68. The molecule has 0 spiro atoms.